The largest absolute Gasteiger partial charge is 0.403 e. The number of nitrogens with two attached hydrogens (primary N) is 1. The molecule has 0 radical (unpaired) electrons. The number of carbonyl (C=O) groups excluding carboxylic acids is 1. The predicted octanol–water partition coefficient (Wildman–Crippen LogP) is 1.22. The lowest BCUT2D eigenvalue weighted by Crippen LogP contribution is -2.41. The Kier molecular flexibility index (Phi) is 4.86. The van der Waals surface area contributed by atoms with Crippen molar-refractivity contribution in [3.05, 3.63) is 0 Å². The van der Waals surface area contributed by atoms with Gasteiger partial charge in [-0.2, -0.15) is 13.2 Å². The number of halogens is 4. The van der Waals surface area contributed by atoms with Crippen LogP contribution in [0.4, 0.5) is 13.2 Å². The molecule has 15 heavy (non-hydrogen) atoms. The van der Waals surface area contributed by atoms with E-state index in [0.717, 1.165) is 0 Å². The van der Waals surface area contributed by atoms with Crippen LogP contribution in [0, 0.1) is 5.41 Å². The predicted molar refractivity (Wildman–Crippen MR) is 51.7 cm³/mol. The van der Waals surface area contributed by atoms with Gasteiger partial charge in [0.25, 0.3) is 0 Å². The average molecular weight is 247 g/mol. The van der Waals surface area contributed by atoms with Gasteiger partial charge in [0.05, 0.1) is 0 Å². The van der Waals surface area contributed by atoms with E-state index in [0.29, 0.717) is 13.0 Å². The van der Waals surface area contributed by atoms with Gasteiger partial charge in [-0.25, -0.2) is 0 Å². The molecule has 3 N–H and O–H groups in total. The summed E-state index contributed by atoms with van der Waals surface area (Å²) in [5, 5.41) is 2.25. The highest BCUT2D eigenvalue weighted by atomic mass is 35.5. The molecular formula is C8H14ClF3N2O. The van der Waals surface area contributed by atoms with E-state index in [4.69, 9.17) is 5.73 Å². The van der Waals surface area contributed by atoms with E-state index in [1.54, 1.807) is 0 Å². The van der Waals surface area contributed by atoms with Gasteiger partial charge in [0, 0.05) is 6.54 Å². The molecule has 1 aliphatic carbocycles. The number of hydrogen-bond acceptors (Lipinski definition) is 2. The first-order valence-electron chi connectivity index (χ1n) is 4.49. The van der Waals surface area contributed by atoms with Gasteiger partial charge < -0.3 is 11.1 Å². The number of amides is 1. The fraction of sp³-hybridized carbons (Fsp3) is 0.875. The molecule has 1 amide bonds. The molecule has 90 valence electrons. The Bertz CT molecular complexity index is 228. The molecule has 0 heterocycles. The summed E-state index contributed by atoms with van der Waals surface area (Å²) in [5.41, 5.74) is 3.06. The minimum absolute atomic E-state index is 0. The zero-order valence-electron chi connectivity index (χ0n) is 8.06. The molecule has 1 rings (SSSR count). The lowest BCUT2D eigenvalue weighted by atomic mass is 10.1. The van der Waals surface area contributed by atoms with Gasteiger partial charge in [-0.3, -0.25) is 4.79 Å². The van der Waals surface area contributed by atoms with Gasteiger partial charge in [0.2, 0.25) is 5.91 Å². The summed E-state index contributed by atoms with van der Waals surface area (Å²) < 4.78 is 37.1. The topological polar surface area (TPSA) is 55.1 Å². The number of rotatable bonds is 4. The van der Waals surface area contributed by atoms with E-state index in [1.807, 2.05) is 0 Å². The summed E-state index contributed by atoms with van der Waals surface area (Å²) in [5.74, 6) is -0.904. The Hall–Kier alpha value is -0.490. The standard InChI is InChI=1S/C8H13F3N2O.ClH/c9-8(10,11)7(2-3-7)6(14)13-5-1-4-12;/h1-5,12H2,(H,13,14);1H. The van der Waals surface area contributed by atoms with Crippen molar-refractivity contribution in [3.63, 3.8) is 0 Å². The van der Waals surface area contributed by atoms with E-state index in [2.05, 4.69) is 5.32 Å². The van der Waals surface area contributed by atoms with Crippen LogP contribution in [0.25, 0.3) is 0 Å². The second-order valence-corrected chi connectivity index (χ2v) is 3.48. The first-order valence-corrected chi connectivity index (χ1v) is 4.49. The van der Waals surface area contributed by atoms with Crippen molar-refractivity contribution in [2.45, 2.75) is 25.4 Å². The molecule has 3 nitrogen and oxygen atoms in total. The zero-order valence-corrected chi connectivity index (χ0v) is 8.88. The lowest BCUT2D eigenvalue weighted by molar-refractivity contribution is -0.192. The van der Waals surface area contributed by atoms with Crippen LogP contribution in [-0.4, -0.2) is 25.2 Å². The molecule has 0 unspecified atom stereocenters. The normalized spacial score (nSPS) is 17.9. The van der Waals surface area contributed by atoms with E-state index >= 15 is 0 Å². The molecule has 0 aliphatic heterocycles. The third-order valence-electron chi connectivity index (χ3n) is 2.39. The summed E-state index contributed by atoms with van der Waals surface area (Å²) in [6.07, 6.45) is -4.10. The van der Waals surface area contributed by atoms with Crippen LogP contribution >= 0.6 is 12.4 Å². The Labute approximate surface area is 92.0 Å². The quantitative estimate of drug-likeness (QED) is 0.733. The summed E-state index contributed by atoms with van der Waals surface area (Å²) in [6, 6.07) is 0. The molecule has 0 saturated heterocycles. The summed E-state index contributed by atoms with van der Waals surface area (Å²) >= 11 is 0. The summed E-state index contributed by atoms with van der Waals surface area (Å²) in [4.78, 5) is 11.2. The third-order valence-corrected chi connectivity index (χ3v) is 2.39. The average Bonchev–Trinajstić information content (AvgIpc) is 2.82. The fourth-order valence-electron chi connectivity index (χ4n) is 1.24. The number of nitrogens with one attached hydrogen (secondary N) is 1. The van der Waals surface area contributed by atoms with Crippen molar-refractivity contribution < 1.29 is 18.0 Å². The van der Waals surface area contributed by atoms with E-state index in [9.17, 15) is 18.0 Å². The van der Waals surface area contributed by atoms with Crippen LogP contribution in [0.2, 0.25) is 0 Å². The van der Waals surface area contributed by atoms with Crippen molar-refractivity contribution in [1.29, 1.82) is 0 Å². The van der Waals surface area contributed by atoms with Gasteiger partial charge in [-0.1, -0.05) is 0 Å². The van der Waals surface area contributed by atoms with Crippen molar-refractivity contribution in [3.8, 4) is 0 Å². The molecule has 1 aliphatic rings. The van der Waals surface area contributed by atoms with E-state index in [1.165, 1.54) is 0 Å². The van der Waals surface area contributed by atoms with E-state index < -0.39 is 17.5 Å². The molecular weight excluding hydrogens is 233 g/mol. The fourth-order valence-corrected chi connectivity index (χ4v) is 1.24. The van der Waals surface area contributed by atoms with Crippen molar-refractivity contribution in [2.75, 3.05) is 13.1 Å². The van der Waals surface area contributed by atoms with Gasteiger partial charge in [-0.15, -0.1) is 12.4 Å². The monoisotopic (exact) mass is 246 g/mol. The minimum atomic E-state index is -4.42. The van der Waals surface area contributed by atoms with Crippen molar-refractivity contribution >= 4 is 18.3 Å². The van der Waals surface area contributed by atoms with Crippen LogP contribution in [-0.2, 0) is 4.79 Å². The van der Waals surface area contributed by atoms with Gasteiger partial charge in [0.15, 0.2) is 0 Å². The number of carbonyl (C=O) groups is 1. The molecule has 0 bridgehead atoms. The lowest BCUT2D eigenvalue weighted by Gasteiger charge is -2.18. The molecule has 0 aromatic rings. The Balaban J connectivity index is 0.00000196. The zero-order chi connectivity index (χ0) is 10.8. The van der Waals surface area contributed by atoms with Crippen LogP contribution in [0.5, 0.6) is 0 Å². The first-order chi connectivity index (χ1) is 6.44. The second-order valence-electron chi connectivity index (χ2n) is 3.48. The summed E-state index contributed by atoms with van der Waals surface area (Å²) in [7, 11) is 0. The Morgan fingerprint density at radius 2 is 1.93 bits per heavy atom. The smallest absolute Gasteiger partial charge is 0.355 e. The van der Waals surface area contributed by atoms with Crippen LogP contribution in [0.3, 0.4) is 0 Å². The molecule has 0 aromatic heterocycles. The SMILES string of the molecule is Cl.NCCCNC(=O)C1(C(F)(F)F)CC1. The van der Waals surface area contributed by atoms with Crippen LogP contribution < -0.4 is 11.1 Å². The van der Waals surface area contributed by atoms with Gasteiger partial charge in [0.1, 0.15) is 5.41 Å². The molecule has 0 aromatic carbocycles. The maximum absolute atomic E-state index is 12.4. The van der Waals surface area contributed by atoms with Crippen molar-refractivity contribution in [1.82, 2.24) is 5.32 Å². The highest BCUT2D eigenvalue weighted by Gasteiger charge is 2.68. The highest BCUT2D eigenvalue weighted by Crippen LogP contribution is 2.57. The molecule has 7 heteroatoms. The molecule has 1 saturated carbocycles. The van der Waals surface area contributed by atoms with Gasteiger partial charge in [-0.05, 0) is 25.8 Å². The molecule has 1 fully saturated rings. The van der Waals surface area contributed by atoms with Crippen LogP contribution in [0.15, 0.2) is 0 Å². The van der Waals surface area contributed by atoms with E-state index in [-0.39, 0.29) is 31.8 Å². The Morgan fingerprint density at radius 1 is 1.40 bits per heavy atom. The highest BCUT2D eigenvalue weighted by molar-refractivity contribution is 5.86. The Morgan fingerprint density at radius 3 is 2.27 bits per heavy atom. The molecule has 0 atom stereocenters. The first kappa shape index (κ1) is 14.5. The third kappa shape index (κ3) is 2.98. The van der Waals surface area contributed by atoms with Crippen LogP contribution in [0.1, 0.15) is 19.3 Å². The van der Waals surface area contributed by atoms with Crippen molar-refractivity contribution in [2.24, 2.45) is 11.1 Å². The van der Waals surface area contributed by atoms with Gasteiger partial charge >= 0.3 is 6.18 Å². The number of alkyl halides is 3. The second kappa shape index (κ2) is 5.03. The minimum Gasteiger partial charge on any atom is -0.355 e. The molecule has 0 spiro atoms. The maximum Gasteiger partial charge on any atom is 0.403 e. The maximum atomic E-state index is 12.4. The number of hydrogen-bond donors (Lipinski definition) is 2. The summed E-state index contributed by atoms with van der Waals surface area (Å²) in [6.45, 7) is 0.576.